The van der Waals surface area contributed by atoms with Crippen molar-refractivity contribution in [3.63, 3.8) is 0 Å². The normalized spacial score (nSPS) is 12.2. The molecule has 2 aromatic rings. The zero-order valence-corrected chi connectivity index (χ0v) is 12.3. The molecule has 106 valence electrons. The fourth-order valence-corrected chi connectivity index (χ4v) is 2.11. The van der Waals surface area contributed by atoms with Gasteiger partial charge in [0.05, 0.1) is 11.8 Å². The number of hydrogen-bond acceptors (Lipinski definition) is 2. The monoisotopic (exact) mass is 271 g/mol. The zero-order valence-electron chi connectivity index (χ0n) is 12.3. The molecule has 4 heteroatoms. The Balaban J connectivity index is 2.19. The van der Waals surface area contributed by atoms with Gasteiger partial charge in [-0.15, -0.1) is 0 Å². The van der Waals surface area contributed by atoms with Crippen LogP contribution >= 0.6 is 0 Å². The Morgan fingerprint density at radius 1 is 1.35 bits per heavy atom. The highest BCUT2D eigenvalue weighted by Gasteiger charge is 2.13. The molecule has 1 amide bonds. The average Bonchev–Trinajstić information content (AvgIpc) is 2.96. The fourth-order valence-electron chi connectivity index (χ4n) is 2.11. The number of benzene rings is 1. The first-order valence-electron chi connectivity index (χ1n) is 7.08. The van der Waals surface area contributed by atoms with Gasteiger partial charge in [-0.2, -0.15) is 5.10 Å². The minimum atomic E-state index is -0.111. The SMILES string of the molecule is CCC(C)c1ccccc1NC(=O)c1cnn(CC)c1. The van der Waals surface area contributed by atoms with Gasteiger partial charge in [0.1, 0.15) is 0 Å². The molecule has 0 aliphatic rings. The second kappa shape index (κ2) is 6.37. The second-order valence-electron chi connectivity index (χ2n) is 4.94. The summed E-state index contributed by atoms with van der Waals surface area (Å²) in [5, 5.41) is 7.11. The van der Waals surface area contributed by atoms with Crippen molar-refractivity contribution in [1.82, 2.24) is 9.78 Å². The molecule has 0 spiro atoms. The number of nitrogens with zero attached hydrogens (tertiary/aromatic N) is 2. The summed E-state index contributed by atoms with van der Waals surface area (Å²) >= 11 is 0. The molecule has 1 aromatic heterocycles. The second-order valence-corrected chi connectivity index (χ2v) is 4.94. The summed E-state index contributed by atoms with van der Waals surface area (Å²) in [5.41, 5.74) is 2.65. The lowest BCUT2D eigenvalue weighted by Crippen LogP contribution is -2.13. The van der Waals surface area contributed by atoms with E-state index in [2.05, 4.69) is 30.3 Å². The zero-order chi connectivity index (χ0) is 14.5. The standard InChI is InChI=1S/C16H21N3O/c1-4-12(3)14-8-6-7-9-15(14)18-16(20)13-10-17-19(5-2)11-13/h6-12H,4-5H2,1-3H3,(H,18,20). The summed E-state index contributed by atoms with van der Waals surface area (Å²) in [7, 11) is 0. The highest BCUT2D eigenvalue weighted by Crippen LogP contribution is 2.26. The summed E-state index contributed by atoms with van der Waals surface area (Å²) in [5.74, 6) is 0.310. The lowest BCUT2D eigenvalue weighted by atomic mass is 9.97. The number of rotatable bonds is 5. The van der Waals surface area contributed by atoms with Crippen LogP contribution in [-0.2, 0) is 6.54 Å². The van der Waals surface area contributed by atoms with E-state index in [9.17, 15) is 4.79 Å². The topological polar surface area (TPSA) is 46.9 Å². The summed E-state index contributed by atoms with van der Waals surface area (Å²) in [6.07, 6.45) is 4.41. The molecule has 1 atom stereocenters. The maximum atomic E-state index is 12.2. The van der Waals surface area contributed by atoms with Gasteiger partial charge in [-0.1, -0.05) is 32.0 Å². The summed E-state index contributed by atoms with van der Waals surface area (Å²) in [4.78, 5) is 12.2. The Kier molecular flexibility index (Phi) is 4.56. The van der Waals surface area contributed by atoms with Gasteiger partial charge in [-0.25, -0.2) is 0 Å². The molecule has 0 bridgehead atoms. The Hall–Kier alpha value is -2.10. The largest absolute Gasteiger partial charge is 0.322 e. The van der Waals surface area contributed by atoms with Crippen molar-refractivity contribution in [2.75, 3.05) is 5.32 Å². The number of aromatic nitrogens is 2. The Morgan fingerprint density at radius 3 is 2.75 bits per heavy atom. The highest BCUT2D eigenvalue weighted by atomic mass is 16.1. The number of para-hydroxylation sites is 1. The minimum Gasteiger partial charge on any atom is -0.322 e. The van der Waals surface area contributed by atoms with Gasteiger partial charge >= 0.3 is 0 Å². The molecule has 20 heavy (non-hydrogen) atoms. The van der Waals surface area contributed by atoms with Crippen molar-refractivity contribution in [3.8, 4) is 0 Å². The van der Waals surface area contributed by atoms with Crippen LogP contribution in [-0.4, -0.2) is 15.7 Å². The molecule has 0 aliphatic carbocycles. The van der Waals surface area contributed by atoms with Crippen LogP contribution in [0.1, 0.15) is 49.0 Å². The van der Waals surface area contributed by atoms with E-state index in [0.717, 1.165) is 18.7 Å². The molecule has 0 radical (unpaired) electrons. The molecule has 0 saturated carbocycles. The van der Waals surface area contributed by atoms with Crippen molar-refractivity contribution >= 4 is 11.6 Å². The van der Waals surface area contributed by atoms with Crippen LogP contribution in [0.2, 0.25) is 0 Å². The van der Waals surface area contributed by atoms with Gasteiger partial charge in [0.2, 0.25) is 0 Å². The quantitative estimate of drug-likeness (QED) is 0.902. The number of nitrogens with one attached hydrogen (secondary N) is 1. The smallest absolute Gasteiger partial charge is 0.258 e. The molecule has 2 rings (SSSR count). The summed E-state index contributed by atoms with van der Waals surface area (Å²) in [6.45, 7) is 7.07. The van der Waals surface area contributed by atoms with Gasteiger partial charge in [-0.3, -0.25) is 9.48 Å². The van der Waals surface area contributed by atoms with Crippen LogP contribution in [0.3, 0.4) is 0 Å². The average molecular weight is 271 g/mol. The minimum absolute atomic E-state index is 0.111. The molecular weight excluding hydrogens is 250 g/mol. The first-order valence-corrected chi connectivity index (χ1v) is 7.08. The lowest BCUT2D eigenvalue weighted by Gasteiger charge is -2.15. The third kappa shape index (κ3) is 3.07. The number of carbonyl (C=O) groups is 1. The lowest BCUT2D eigenvalue weighted by molar-refractivity contribution is 0.102. The third-order valence-electron chi connectivity index (χ3n) is 3.57. The Bertz CT molecular complexity index is 589. The van der Waals surface area contributed by atoms with Crippen molar-refractivity contribution in [3.05, 3.63) is 47.8 Å². The molecular formula is C16H21N3O. The van der Waals surface area contributed by atoms with Crippen molar-refractivity contribution in [1.29, 1.82) is 0 Å². The van der Waals surface area contributed by atoms with Crippen LogP contribution in [0.5, 0.6) is 0 Å². The van der Waals surface area contributed by atoms with E-state index in [4.69, 9.17) is 0 Å². The number of carbonyl (C=O) groups excluding carboxylic acids is 1. The van der Waals surface area contributed by atoms with Gasteiger partial charge < -0.3 is 5.32 Å². The van der Waals surface area contributed by atoms with Crippen molar-refractivity contribution in [2.24, 2.45) is 0 Å². The predicted octanol–water partition coefficient (Wildman–Crippen LogP) is 3.67. The number of hydrogen-bond donors (Lipinski definition) is 1. The number of aryl methyl sites for hydroxylation is 1. The Labute approximate surface area is 119 Å². The van der Waals surface area contributed by atoms with Gasteiger partial charge in [0.15, 0.2) is 0 Å². The number of anilines is 1. The maximum absolute atomic E-state index is 12.2. The van der Waals surface area contributed by atoms with Crippen LogP contribution in [0, 0.1) is 0 Å². The first-order chi connectivity index (χ1) is 9.65. The molecule has 1 N–H and O–H groups in total. The van der Waals surface area contributed by atoms with E-state index in [1.165, 1.54) is 5.56 Å². The van der Waals surface area contributed by atoms with E-state index in [1.807, 2.05) is 25.1 Å². The van der Waals surface area contributed by atoms with Gasteiger partial charge in [-0.05, 0) is 30.9 Å². The highest BCUT2D eigenvalue weighted by molar-refractivity contribution is 6.04. The van der Waals surface area contributed by atoms with Crippen molar-refractivity contribution < 1.29 is 4.79 Å². The van der Waals surface area contributed by atoms with Crippen LogP contribution < -0.4 is 5.32 Å². The predicted molar refractivity (Wildman–Crippen MR) is 81.0 cm³/mol. The van der Waals surface area contributed by atoms with E-state index < -0.39 is 0 Å². The molecule has 0 aliphatic heterocycles. The summed E-state index contributed by atoms with van der Waals surface area (Å²) in [6, 6.07) is 7.96. The van der Waals surface area contributed by atoms with E-state index >= 15 is 0 Å². The van der Waals surface area contributed by atoms with Crippen LogP contribution in [0.25, 0.3) is 0 Å². The number of amides is 1. The van der Waals surface area contributed by atoms with E-state index in [1.54, 1.807) is 17.1 Å². The van der Waals surface area contributed by atoms with Gasteiger partial charge in [0.25, 0.3) is 5.91 Å². The first kappa shape index (κ1) is 14.3. The van der Waals surface area contributed by atoms with Crippen molar-refractivity contribution in [2.45, 2.75) is 39.7 Å². The molecule has 0 saturated heterocycles. The fraction of sp³-hybridized carbons (Fsp3) is 0.375. The molecule has 0 fully saturated rings. The van der Waals surface area contributed by atoms with E-state index in [0.29, 0.717) is 11.5 Å². The summed E-state index contributed by atoms with van der Waals surface area (Å²) < 4.78 is 1.75. The maximum Gasteiger partial charge on any atom is 0.258 e. The Morgan fingerprint density at radius 2 is 2.10 bits per heavy atom. The molecule has 4 nitrogen and oxygen atoms in total. The molecule has 1 unspecified atom stereocenters. The molecule has 1 aromatic carbocycles. The molecule has 1 heterocycles. The van der Waals surface area contributed by atoms with Crippen LogP contribution in [0.4, 0.5) is 5.69 Å². The van der Waals surface area contributed by atoms with Crippen LogP contribution in [0.15, 0.2) is 36.7 Å². The van der Waals surface area contributed by atoms with E-state index in [-0.39, 0.29) is 5.91 Å². The third-order valence-corrected chi connectivity index (χ3v) is 3.57. The van der Waals surface area contributed by atoms with Gasteiger partial charge in [0, 0.05) is 18.4 Å².